The van der Waals surface area contributed by atoms with Gasteiger partial charge in [0.1, 0.15) is 17.6 Å². The summed E-state index contributed by atoms with van der Waals surface area (Å²) in [5, 5.41) is 0. The van der Waals surface area contributed by atoms with Crippen molar-refractivity contribution in [3.63, 3.8) is 0 Å². The summed E-state index contributed by atoms with van der Waals surface area (Å²) in [5.41, 5.74) is 2.32. The molecule has 1 unspecified atom stereocenters. The van der Waals surface area contributed by atoms with E-state index in [1.54, 1.807) is 12.4 Å². The van der Waals surface area contributed by atoms with Crippen LogP contribution >= 0.6 is 11.8 Å². The lowest BCUT2D eigenvalue weighted by molar-refractivity contribution is -0.135. The van der Waals surface area contributed by atoms with Gasteiger partial charge in [0.05, 0.1) is 24.0 Å². The molecule has 3 aliphatic rings. The van der Waals surface area contributed by atoms with E-state index in [0.717, 1.165) is 61.8 Å². The van der Waals surface area contributed by atoms with Gasteiger partial charge in [0.25, 0.3) is 0 Å². The number of ether oxygens (including phenoxy) is 2. The fraction of sp³-hybridized carbons (Fsp3) is 0.455. The van der Waals surface area contributed by atoms with Crippen LogP contribution in [-0.2, 0) is 17.6 Å². The number of nitrogens with zero attached hydrogens (tertiary/aromatic N) is 2. The number of aromatic nitrogens is 1. The molecule has 0 N–H and O–H groups in total. The van der Waals surface area contributed by atoms with Crippen molar-refractivity contribution in [1.82, 2.24) is 9.88 Å². The highest BCUT2D eigenvalue weighted by Crippen LogP contribution is 2.46. The van der Waals surface area contributed by atoms with Crippen molar-refractivity contribution in [2.45, 2.75) is 36.5 Å². The highest BCUT2D eigenvalue weighted by Gasteiger charge is 2.51. The minimum atomic E-state index is 0.173. The van der Waals surface area contributed by atoms with Crippen molar-refractivity contribution in [3.8, 4) is 11.5 Å². The first kappa shape index (κ1) is 17.9. The number of thioether (sulfide) groups is 1. The van der Waals surface area contributed by atoms with Gasteiger partial charge in [-0.05, 0) is 42.2 Å². The van der Waals surface area contributed by atoms with E-state index in [-0.39, 0.29) is 16.8 Å². The first-order chi connectivity index (χ1) is 13.7. The average molecular weight is 397 g/mol. The Morgan fingerprint density at radius 3 is 3.14 bits per heavy atom. The molecule has 1 spiro atoms. The van der Waals surface area contributed by atoms with Gasteiger partial charge in [-0.3, -0.25) is 9.78 Å². The zero-order valence-electron chi connectivity index (χ0n) is 15.8. The van der Waals surface area contributed by atoms with Crippen molar-refractivity contribution in [1.29, 1.82) is 0 Å². The number of carbonyl (C=O) groups is 1. The molecule has 0 radical (unpaired) electrons. The summed E-state index contributed by atoms with van der Waals surface area (Å²) >= 11 is 1.95. The molecule has 1 aromatic carbocycles. The first-order valence-corrected chi connectivity index (χ1v) is 10.9. The van der Waals surface area contributed by atoms with Crippen LogP contribution in [0, 0.1) is 0 Å². The molecule has 2 fully saturated rings. The van der Waals surface area contributed by atoms with E-state index in [1.165, 1.54) is 5.56 Å². The van der Waals surface area contributed by atoms with Crippen molar-refractivity contribution in [2.24, 2.45) is 0 Å². The van der Waals surface area contributed by atoms with Crippen LogP contribution in [0.2, 0.25) is 0 Å². The van der Waals surface area contributed by atoms with Crippen molar-refractivity contribution >= 4 is 17.7 Å². The summed E-state index contributed by atoms with van der Waals surface area (Å²) in [6.07, 6.45) is 7.28. The molecule has 0 bridgehead atoms. The quantitative estimate of drug-likeness (QED) is 0.795. The molecule has 5 nitrogen and oxygen atoms in total. The summed E-state index contributed by atoms with van der Waals surface area (Å²) in [6, 6.07) is 10.0. The smallest absolute Gasteiger partial charge is 0.227 e. The largest absolute Gasteiger partial charge is 0.493 e. The summed E-state index contributed by atoms with van der Waals surface area (Å²) in [6.45, 7) is 2.46. The second kappa shape index (κ2) is 7.32. The first-order valence-electron chi connectivity index (χ1n) is 9.92. The van der Waals surface area contributed by atoms with Gasteiger partial charge in [0.15, 0.2) is 0 Å². The van der Waals surface area contributed by atoms with Gasteiger partial charge in [-0.25, -0.2) is 0 Å². The second-order valence-corrected chi connectivity index (χ2v) is 9.44. The third kappa shape index (κ3) is 3.58. The minimum absolute atomic E-state index is 0.173. The van der Waals surface area contributed by atoms with Crippen LogP contribution in [0.3, 0.4) is 0 Å². The van der Waals surface area contributed by atoms with Crippen LogP contribution in [0.25, 0.3) is 0 Å². The van der Waals surface area contributed by atoms with Crippen LogP contribution in [0.4, 0.5) is 0 Å². The predicted octanol–water partition coefficient (Wildman–Crippen LogP) is 3.11. The topological polar surface area (TPSA) is 51.7 Å². The molecule has 28 heavy (non-hydrogen) atoms. The third-order valence-electron chi connectivity index (χ3n) is 5.75. The Bertz CT molecular complexity index is 867. The number of hydrogen-bond acceptors (Lipinski definition) is 5. The van der Waals surface area contributed by atoms with Crippen molar-refractivity contribution < 1.29 is 14.3 Å². The molecule has 146 valence electrons. The van der Waals surface area contributed by atoms with Crippen molar-refractivity contribution in [2.75, 3.05) is 25.4 Å². The SMILES string of the molecule is O=C(Cc1ccc2c(c1)CCCO2)N1CC2(CC(Oc3cccnc3)CS2)C1. The maximum absolute atomic E-state index is 12.7. The molecule has 2 saturated heterocycles. The fourth-order valence-corrected chi connectivity index (χ4v) is 5.87. The lowest BCUT2D eigenvalue weighted by Crippen LogP contribution is -2.61. The van der Waals surface area contributed by atoms with E-state index in [1.807, 2.05) is 40.9 Å². The third-order valence-corrected chi connectivity index (χ3v) is 7.33. The molecule has 3 aliphatic heterocycles. The monoisotopic (exact) mass is 396 g/mol. The highest BCUT2D eigenvalue weighted by molar-refractivity contribution is 8.01. The average Bonchev–Trinajstić information content (AvgIpc) is 3.12. The summed E-state index contributed by atoms with van der Waals surface area (Å²) in [7, 11) is 0. The van der Waals surface area contributed by atoms with Gasteiger partial charge in [-0.2, -0.15) is 0 Å². The van der Waals surface area contributed by atoms with E-state index in [9.17, 15) is 4.79 Å². The van der Waals surface area contributed by atoms with Crippen LogP contribution in [-0.4, -0.2) is 52.1 Å². The number of benzene rings is 1. The van der Waals surface area contributed by atoms with Gasteiger partial charge in [0.2, 0.25) is 5.91 Å². The Labute approximate surface area is 169 Å². The lowest BCUT2D eigenvalue weighted by Gasteiger charge is -2.47. The number of rotatable bonds is 4. The maximum Gasteiger partial charge on any atom is 0.227 e. The van der Waals surface area contributed by atoms with E-state index in [0.29, 0.717) is 6.42 Å². The molecule has 1 amide bonds. The summed E-state index contributed by atoms with van der Waals surface area (Å²) in [4.78, 5) is 18.8. The molecule has 1 aromatic heterocycles. The lowest BCUT2D eigenvalue weighted by atomic mass is 9.92. The van der Waals surface area contributed by atoms with E-state index < -0.39 is 0 Å². The number of carbonyl (C=O) groups excluding carboxylic acids is 1. The number of hydrogen-bond donors (Lipinski definition) is 0. The number of amides is 1. The molecule has 0 aliphatic carbocycles. The van der Waals surface area contributed by atoms with E-state index in [4.69, 9.17) is 9.47 Å². The van der Waals surface area contributed by atoms with Crippen molar-refractivity contribution in [3.05, 3.63) is 53.9 Å². The normalized spacial score (nSPS) is 22.3. The van der Waals surface area contributed by atoms with Crippen LogP contribution < -0.4 is 9.47 Å². The Hall–Kier alpha value is -2.21. The predicted molar refractivity (Wildman–Crippen MR) is 109 cm³/mol. The van der Waals surface area contributed by atoms with Gasteiger partial charge < -0.3 is 14.4 Å². The number of aryl methyl sites for hydroxylation is 1. The molecule has 4 heterocycles. The molecular formula is C22H24N2O3S. The Morgan fingerprint density at radius 2 is 2.29 bits per heavy atom. The standard InChI is InChI=1S/C22H24N2O3S/c25-21(10-16-5-6-20-17(9-16)3-2-8-26-20)24-14-22(15-24)11-19(13-28-22)27-18-4-1-7-23-12-18/h1,4-7,9,12,19H,2-3,8,10-11,13-15H2. The Morgan fingerprint density at radius 1 is 1.36 bits per heavy atom. The second-order valence-electron chi connectivity index (χ2n) is 7.95. The summed E-state index contributed by atoms with van der Waals surface area (Å²) < 4.78 is 11.9. The molecule has 0 saturated carbocycles. The number of pyridine rings is 1. The molecule has 5 rings (SSSR count). The van der Waals surface area contributed by atoms with E-state index >= 15 is 0 Å². The maximum atomic E-state index is 12.7. The zero-order valence-corrected chi connectivity index (χ0v) is 16.6. The Kier molecular flexibility index (Phi) is 4.67. The van der Waals surface area contributed by atoms with Crippen LogP contribution in [0.1, 0.15) is 24.0 Å². The fourth-order valence-electron chi connectivity index (χ4n) is 4.34. The molecule has 2 aromatic rings. The Balaban J connectivity index is 1.14. The van der Waals surface area contributed by atoms with Gasteiger partial charge >= 0.3 is 0 Å². The van der Waals surface area contributed by atoms with Gasteiger partial charge in [-0.15, -0.1) is 11.8 Å². The highest BCUT2D eigenvalue weighted by atomic mass is 32.2. The molecule has 6 heteroatoms. The zero-order chi connectivity index (χ0) is 19.0. The van der Waals surface area contributed by atoms with Gasteiger partial charge in [-0.1, -0.05) is 12.1 Å². The minimum Gasteiger partial charge on any atom is -0.493 e. The number of fused-ring (bicyclic) bond motifs is 1. The molecule has 1 atom stereocenters. The summed E-state index contributed by atoms with van der Waals surface area (Å²) in [5.74, 6) is 3.00. The van der Waals surface area contributed by atoms with E-state index in [2.05, 4.69) is 11.1 Å². The van der Waals surface area contributed by atoms with Crippen LogP contribution in [0.5, 0.6) is 11.5 Å². The number of likely N-dealkylation sites (tertiary alicyclic amines) is 1. The molecular weight excluding hydrogens is 372 g/mol. The van der Waals surface area contributed by atoms with Crippen LogP contribution in [0.15, 0.2) is 42.7 Å². The van der Waals surface area contributed by atoms with Gasteiger partial charge in [0, 0.05) is 31.5 Å².